The van der Waals surface area contributed by atoms with Gasteiger partial charge in [-0.3, -0.25) is 0 Å². The lowest BCUT2D eigenvalue weighted by molar-refractivity contribution is 0.305. The summed E-state index contributed by atoms with van der Waals surface area (Å²) < 4.78 is 22.1. The maximum atomic E-state index is 5.97. The number of hydrogen-bond donors (Lipinski definition) is 0. The molecule has 0 saturated heterocycles. The molecule has 0 bridgehead atoms. The molecule has 0 atom stereocenters. The summed E-state index contributed by atoms with van der Waals surface area (Å²) in [4.78, 5) is 4.53. The van der Waals surface area contributed by atoms with E-state index in [0.717, 1.165) is 16.9 Å². The molecule has 0 aliphatic heterocycles. The van der Waals surface area contributed by atoms with Gasteiger partial charge in [0.2, 0.25) is 5.82 Å². The van der Waals surface area contributed by atoms with Crippen LogP contribution in [0.5, 0.6) is 17.2 Å². The Morgan fingerprint density at radius 1 is 0.867 bits per heavy atom. The third kappa shape index (κ3) is 4.12. The lowest BCUT2D eigenvalue weighted by Crippen LogP contribution is -1.97. The number of aromatic nitrogens is 2. The topological polar surface area (TPSA) is 66.6 Å². The molecule has 6 heteroatoms. The van der Waals surface area contributed by atoms with Crippen molar-refractivity contribution in [2.45, 2.75) is 13.5 Å². The summed E-state index contributed by atoms with van der Waals surface area (Å²) in [6.07, 6.45) is 0. The van der Waals surface area contributed by atoms with Gasteiger partial charge in [0, 0.05) is 11.6 Å². The fourth-order valence-corrected chi connectivity index (χ4v) is 3.08. The van der Waals surface area contributed by atoms with Crippen LogP contribution in [0, 0.1) is 6.92 Å². The van der Waals surface area contributed by atoms with Crippen LogP contribution in [-0.2, 0) is 6.61 Å². The number of hydrogen-bond acceptors (Lipinski definition) is 6. The highest BCUT2D eigenvalue weighted by atomic mass is 16.5. The van der Waals surface area contributed by atoms with Crippen molar-refractivity contribution in [3.8, 4) is 40.1 Å². The first-order chi connectivity index (χ1) is 14.7. The van der Waals surface area contributed by atoms with Crippen molar-refractivity contribution < 1.29 is 18.7 Å². The third-order valence-electron chi connectivity index (χ3n) is 4.81. The van der Waals surface area contributed by atoms with Crippen LogP contribution in [0.25, 0.3) is 22.8 Å². The Morgan fingerprint density at radius 2 is 1.73 bits per heavy atom. The number of ether oxygens (including phenoxy) is 3. The predicted octanol–water partition coefficient (Wildman–Crippen LogP) is 5.31. The second-order valence-electron chi connectivity index (χ2n) is 6.73. The molecule has 1 heterocycles. The molecule has 4 rings (SSSR count). The molecule has 0 aliphatic rings. The SMILES string of the molecule is COc1ccc(-c2nc(-c3cccc(OCc4ccccc4C)c3)no2)c(OC)c1. The Bertz CT molecular complexity index is 1150. The highest BCUT2D eigenvalue weighted by molar-refractivity contribution is 5.67. The summed E-state index contributed by atoms with van der Waals surface area (Å²) in [7, 11) is 3.19. The fourth-order valence-electron chi connectivity index (χ4n) is 3.08. The second kappa shape index (κ2) is 8.69. The van der Waals surface area contributed by atoms with Crippen molar-refractivity contribution in [1.29, 1.82) is 0 Å². The molecule has 1 aromatic heterocycles. The van der Waals surface area contributed by atoms with Crippen LogP contribution in [0.3, 0.4) is 0 Å². The van der Waals surface area contributed by atoms with Gasteiger partial charge in [0.1, 0.15) is 23.9 Å². The minimum Gasteiger partial charge on any atom is -0.497 e. The molecule has 3 aromatic carbocycles. The Balaban J connectivity index is 1.55. The molecule has 0 aliphatic carbocycles. The molecule has 4 aromatic rings. The van der Waals surface area contributed by atoms with Gasteiger partial charge in [0.05, 0.1) is 19.8 Å². The molecule has 30 heavy (non-hydrogen) atoms. The minimum absolute atomic E-state index is 0.371. The third-order valence-corrected chi connectivity index (χ3v) is 4.81. The summed E-state index contributed by atoms with van der Waals surface area (Å²) in [5.41, 5.74) is 3.85. The van der Waals surface area contributed by atoms with Crippen LogP contribution >= 0.6 is 0 Å². The van der Waals surface area contributed by atoms with E-state index in [9.17, 15) is 0 Å². The normalized spacial score (nSPS) is 10.6. The van der Waals surface area contributed by atoms with Crippen LogP contribution in [0.1, 0.15) is 11.1 Å². The van der Waals surface area contributed by atoms with E-state index in [1.54, 1.807) is 20.3 Å². The second-order valence-corrected chi connectivity index (χ2v) is 6.73. The molecule has 0 unspecified atom stereocenters. The van der Waals surface area contributed by atoms with Crippen molar-refractivity contribution in [3.63, 3.8) is 0 Å². The molecule has 6 nitrogen and oxygen atoms in total. The van der Waals surface area contributed by atoms with Gasteiger partial charge in [-0.25, -0.2) is 0 Å². The lowest BCUT2D eigenvalue weighted by Gasteiger charge is -2.09. The van der Waals surface area contributed by atoms with E-state index in [1.807, 2.05) is 48.5 Å². The average Bonchev–Trinajstić information content (AvgIpc) is 3.28. The molecule has 0 saturated carbocycles. The Kier molecular flexibility index (Phi) is 5.66. The predicted molar refractivity (Wildman–Crippen MR) is 114 cm³/mol. The van der Waals surface area contributed by atoms with Crippen LogP contribution < -0.4 is 14.2 Å². The van der Waals surface area contributed by atoms with Gasteiger partial charge in [-0.1, -0.05) is 41.6 Å². The first-order valence-corrected chi connectivity index (χ1v) is 9.52. The molecule has 0 radical (unpaired) electrons. The minimum atomic E-state index is 0.371. The van der Waals surface area contributed by atoms with Gasteiger partial charge >= 0.3 is 0 Å². The zero-order valence-corrected chi connectivity index (χ0v) is 17.1. The van der Waals surface area contributed by atoms with Crippen molar-refractivity contribution in [2.24, 2.45) is 0 Å². The average molecular weight is 402 g/mol. The zero-order chi connectivity index (χ0) is 20.9. The first kappa shape index (κ1) is 19.5. The maximum absolute atomic E-state index is 5.97. The number of aryl methyl sites for hydroxylation is 1. The van der Waals surface area contributed by atoms with Crippen molar-refractivity contribution in [2.75, 3.05) is 14.2 Å². The lowest BCUT2D eigenvalue weighted by atomic mass is 10.1. The largest absolute Gasteiger partial charge is 0.497 e. The van der Waals surface area contributed by atoms with Crippen LogP contribution in [0.2, 0.25) is 0 Å². The van der Waals surface area contributed by atoms with E-state index in [-0.39, 0.29) is 0 Å². The molecule has 0 N–H and O–H groups in total. The van der Waals surface area contributed by atoms with Crippen molar-refractivity contribution in [1.82, 2.24) is 10.1 Å². The summed E-state index contributed by atoms with van der Waals surface area (Å²) in [5, 5.41) is 4.13. The van der Waals surface area contributed by atoms with E-state index in [4.69, 9.17) is 18.7 Å². The smallest absolute Gasteiger partial charge is 0.262 e. The quantitative estimate of drug-likeness (QED) is 0.417. The van der Waals surface area contributed by atoms with Crippen LogP contribution in [0.15, 0.2) is 71.3 Å². The van der Waals surface area contributed by atoms with Crippen molar-refractivity contribution in [3.05, 3.63) is 77.9 Å². The summed E-state index contributed by atoms with van der Waals surface area (Å²) in [5.74, 6) is 2.87. The Labute approximate surface area is 175 Å². The molecule has 0 amide bonds. The number of rotatable bonds is 7. The number of methoxy groups -OCH3 is 2. The van der Waals surface area contributed by atoms with E-state index >= 15 is 0 Å². The highest BCUT2D eigenvalue weighted by Gasteiger charge is 2.16. The van der Waals surface area contributed by atoms with Gasteiger partial charge in [-0.05, 0) is 42.3 Å². The molecular formula is C24H22N2O4. The fraction of sp³-hybridized carbons (Fsp3) is 0.167. The highest BCUT2D eigenvalue weighted by Crippen LogP contribution is 2.33. The summed E-state index contributed by atoms with van der Waals surface area (Å²) in [6.45, 7) is 2.57. The maximum Gasteiger partial charge on any atom is 0.262 e. The van der Waals surface area contributed by atoms with E-state index in [0.29, 0.717) is 35.4 Å². The van der Waals surface area contributed by atoms with Gasteiger partial charge in [-0.15, -0.1) is 0 Å². The summed E-state index contributed by atoms with van der Waals surface area (Å²) in [6, 6.07) is 21.2. The van der Waals surface area contributed by atoms with Gasteiger partial charge in [0.25, 0.3) is 5.89 Å². The molecule has 152 valence electrons. The van der Waals surface area contributed by atoms with E-state index in [2.05, 4.69) is 29.2 Å². The van der Waals surface area contributed by atoms with E-state index < -0.39 is 0 Å². The molecular weight excluding hydrogens is 380 g/mol. The van der Waals surface area contributed by atoms with Gasteiger partial charge in [-0.2, -0.15) is 4.98 Å². The summed E-state index contributed by atoms with van der Waals surface area (Å²) >= 11 is 0. The van der Waals surface area contributed by atoms with Gasteiger partial charge in [0.15, 0.2) is 0 Å². The van der Waals surface area contributed by atoms with Gasteiger partial charge < -0.3 is 18.7 Å². The van der Waals surface area contributed by atoms with E-state index in [1.165, 1.54) is 5.56 Å². The Morgan fingerprint density at radius 3 is 2.53 bits per heavy atom. The Hall–Kier alpha value is -3.80. The number of nitrogens with zero attached hydrogens (tertiary/aromatic N) is 2. The standard InChI is InChI=1S/C24H22N2O4/c1-16-7-4-5-8-18(16)15-29-20-10-6-9-17(13-20)23-25-24(30-26-23)21-12-11-19(27-2)14-22(21)28-3/h4-14H,15H2,1-3H3. The zero-order valence-electron chi connectivity index (χ0n) is 17.1. The monoisotopic (exact) mass is 402 g/mol. The van der Waals surface area contributed by atoms with Crippen LogP contribution in [-0.4, -0.2) is 24.4 Å². The first-order valence-electron chi connectivity index (χ1n) is 9.52. The van der Waals surface area contributed by atoms with Crippen LogP contribution in [0.4, 0.5) is 0 Å². The number of benzene rings is 3. The molecule has 0 fully saturated rings. The van der Waals surface area contributed by atoms with Crippen molar-refractivity contribution >= 4 is 0 Å². The molecule has 0 spiro atoms.